The molecule has 0 amide bonds. The molecule has 0 fully saturated rings. The van der Waals surface area contributed by atoms with Gasteiger partial charge in [-0.1, -0.05) is 31.8 Å². The summed E-state index contributed by atoms with van der Waals surface area (Å²) < 4.78 is 0. The highest BCUT2D eigenvalue weighted by Gasteiger charge is 1.89. The molecule has 0 heterocycles. The summed E-state index contributed by atoms with van der Waals surface area (Å²) in [7, 11) is 0. The van der Waals surface area contributed by atoms with Crippen molar-refractivity contribution < 1.29 is 0 Å². The summed E-state index contributed by atoms with van der Waals surface area (Å²) >= 11 is 0. The van der Waals surface area contributed by atoms with Gasteiger partial charge in [0, 0.05) is 6.08 Å². The van der Waals surface area contributed by atoms with E-state index in [4.69, 9.17) is 5.26 Å². The van der Waals surface area contributed by atoms with Crippen LogP contribution < -0.4 is 0 Å². The summed E-state index contributed by atoms with van der Waals surface area (Å²) in [5.41, 5.74) is 1.21. The first kappa shape index (κ1) is 10.2. The first-order valence-electron chi connectivity index (χ1n) is 4.36. The molecule has 0 N–H and O–H groups in total. The molecule has 0 aromatic carbocycles. The van der Waals surface area contributed by atoms with Crippen LogP contribution in [0.25, 0.3) is 0 Å². The van der Waals surface area contributed by atoms with E-state index < -0.39 is 0 Å². The van der Waals surface area contributed by atoms with Crippen LogP contribution >= 0.6 is 0 Å². The Kier molecular flexibility index (Phi) is 6.82. The van der Waals surface area contributed by atoms with Gasteiger partial charge in [-0.25, -0.2) is 0 Å². The first-order chi connectivity index (χ1) is 5.31. The van der Waals surface area contributed by atoms with Gasteiger partial charge in [0.1, 0.15) is 0 Å². The number of nitrogens with zero attached hydrogens (tertiary/aromatic N) is 1. The molecule has 0 aliphatic rings. The van der Waals surface area contributed by atoms with Gasteiger partial charge in [-0.3, -0.25) is 0 Å². The molecule has 0 aliphatic heterocycles. The van der Waals surface area contributed by atoms with E-state index in [2.05, 4.69) is 6.92 Å². The maximum atomic E-state index is 8.31. The summed E-state index contributed by atoms with van der Waals surface area (Å²) in [6, 6.07) is 2.05. The highest BCUT2D eigenvalue weighted by Crippen LogP contribution is 2.08. The molecule has 0 atom stereocenters. The minimum Gasteiger partial charge on any atom is -0.193 e. The second kappa shape index (κ2) is 7.34. The zero-order chi connectivity index (χ0) is 8.53. The molecule has 0 spiro atoms. The van der Waals surface area contributed by atoms with Crippen LogP contribution in [-0.4, -0.2) is 0 Å². The molecule has 1 nitrogen and oxygen atoms in total. The monoisotopic (exact) mass is 151 g/mol. The number of hydrogen-bond acceptors (Lipinski definition) is 1. The van der Waals surface area contributed by atoms with Crippen molar-refractivity contribution in [1.29, 1.82) is 5.26 Å². The molecular formula is C10H17N. The van der Waals surface area contributed by atoms with Crippen LogP contribution in [0.4, 0.5) is 0 Å². The third-order valence-electron chi connectivity index (χ3n) is 1.74. The molecule has 0 aliphatic carbocycles. The maximum absolute atomic E-state index is 8.31. The average molecular weight is 151 g/mol. The summed E-state index contributed by atoms with van der Waals surface area (Å²) in [5, 5.41) is 8.31. The third kappa shape index (κ3) is 7.12. The van der Waals surface area contributed by atoms with Gasteiger partial charge in [0.05, 0.1) is 6.07 Å². The topological polar surface area (TPSA) is 23.8 Å². The van der Waals surface area contributed by atoms with Crippen LogP contribution in [0.1, 0.15) is 46.0 Å². The molecule has 0 aromatic rings. The maximum Gasteiger partial charge on any atom is 0.0911 e. The second-order valence-corrected chi connectivity index (χ2v) is 2.93. The Morgan fingerprint density at radius 3 is 2.64 bits per heavy atom. The van der Waals surface area contributed by atoms with E-state index in [-0.39, 0.29) is 0 Å². The van der Waals surface area contributed by atoms with E-state index in [0.717, 1.165) is 6.42 Å². The van der Waals surface area contributed by atoms with E-state index in [1.807, 2.05) is 13.0 Å². The van der Waals surface area contributed by atoms with E-state index in [1.54, 1.807) is 6.08 Å². The summed E-state index contributed by atoms with van der Waals surface area (Å²) in [6.45, 7) is 4.23. The fourth-order valence-electron chi connectivity index (χ4n) is 1.01. The Bertz CT molecular complexity index is 151. The standard InChI is InChI=1S/C10H17N/c1-3-4-5-6-7-10(2)8-9-11/h8H,3-7H2,1-2H3/b10-8+. The van der Waals surface area contributed by atoms with Crippen LogP contribution in [0.2, 0.25) is 0 Å². The number of rotatable bonds is 5. The van der Waals surface area contributed by atoms with Crippen LogP contribution in [0.3, 0.4) is 0 Å². The lowest BCUT2D eigenvalue weighted by atomic mass is 10.1. The fourth-order valence-corrected chi connectivity index (χ4v) is 1.01. The Morgan fingerprint density at radius 1 is 1.36 bits per heavy atom. The van der Waals surface area contributed by atoms with Crippen LogP contribution in [0.15, 0.2) is 11.6 Å². The quantitative estimate of drug-likeness (QED) is 0.436. The summed E-state index contributed by atoms with van der Waals surface area (Å²) in [5.74, 6) is 0. The van der Waals surface area contributed by atoms with Crippen LogP contribution in [0.5, 0.6) is 0 Å². The Balaban J connectivity index is 3.26. The van der Waals surface area contributed by atoms with Gasteiger partial charge in [-0.15, -0.1) is 0 Å². The third-order valence-corrected chi connectivity index (χ3v) is 1.74. The van der Waals surface area contributed by atoms with Crippen molar-refractivity contribution >= 4 is 0 Å². The van der Waals surface area contributed by atoms with E-state index >= 15 is 0 Å². The molecule has 0 bridgehead atoms. The van der Waals surface area contributed by atoms with Gasteiger partial charge in [0.25, 0.3) is 0 Å². The predicted molar refractivity (Wildman–Crippen MR) is 48.1 cm³/mol. The molecule has 0 saturated heterocycles. The normalized spacial score (nSPS) is 11.2. The predicted octanol–water partition coefficient (Wildman–Crippen LogP) is 3.43. The largest absolute Gasteiger partial charge is 0.193 e. The van der Waals surface area contributed by atoms with E-state index in [1.165, 1.54) is 31.3 Å². The summed E-state index contributed by atoms with van der Waals surface area (Å²) in [4.78, 5) is 0. The fraction of sp³-hybridized carbons (Fsp3) is 0.700. The van der Waals surface area contributed by atoms with Gasteiger partial charge in [0.15, 0.2) is 0 Å². The van der Waals surface area contributed by atoms with Crippen molar-refractivity contribution in [1.82, 2.24) is 0 Å². The van der Waals surface area contributed by atoms with Crippen LogP contribution in [0, 0.1) is 11.3 Å². The zero-order valence-electron chi connectivity index (χ0n) is 7.56. The van der Waals surface area contributed by atoms with Gasteiger partial charge in [-0.2, -0.15) is 5.26 Å². The van der Waals surface area contributed by atoms with E-state index in [9.17, 15) is 0 Å². The first-order valence-corrected chi connectivity index (χ1v) is 4.36. The molecule has 0 aromatic heterocycles. The molecule has 1 heteroatoms. The van der Waals surface area contributed by atoms with Crippen LogP contribution in [-0.2, 0) is 0 Å². The number of nitriles is 1. The molecule has 0 unspecified atom stereocenters. The minimum absolute atomic E-state index is 1.09. The molecular weight excluding hydrogens is 134 g/mol. The Hall–Kier alpha value is -0.770. The van der Waals surface area contributed by atoms with Crippen molar-refractivity contribution in [3.05, 3.63) is 11.6 Å². The van der Waals surface area contributed by atoms with Gasteiger partial charge >= 0.3 is 0 Å². The molecule has 0 saturated carbocycles. The lowest BCUT2D eigenvalue weighted by Gasteiger charge is -1.97. The molecule has 62 valence electrons. The highest BCUT2D eigenvalue weighted by atomic mass is 14.2. The van der Waals surface area contributed by atoms with Crippen molar-refractivity contribution in [2.45, 2.75) is 46.0 Å². The van der Waals surface area contributed by atoms with Crippen molar-refractivity contribution in [2.24, 2.45) is 0 Å². The van der Waals surface area contributed by atoms with Gasteiger partial charge < -0.3 is 0 Å². The lowest BCUT2D eigenvalue weighted by Crippen LogP contribution is -1.78. The van der Waals surface area contributed by atoms with Gasteiger partial charge in [-0.05, 0) is 19.8 Å². The minimum atomic E-state index is 1.09. The average Bonchev–Trinajstić information content (AvgIpc) is 1.99. The van der Waals surface area contributed by atoms with Gasteiger partial charge in [0.2, 0.25) is 0 Å². The number of allylic oxidation sites excluding steroid dienone is 2. The van der Waals surface area contributed by atoms with Crippen molar-refractivity contribution in [2.75, 3.05) is 0 Å². The molecule has 11 heavy (non-hydrogen) atoms. The Labute approximate surface area is 69.7 Å². The second-order valence-electron chi connectivity index (χ2n) is 2.93. The van der Waals surface area contributed by atoms with Crippen molar-refractivity contribution in [3.63, 3.8) is 0 Å². The SMILES string of the molecule is CCCCCC/C(C)=C/C#N. The molecule has 0 rings (SSSR count). The Morgan fingerprint density at radius 2 is 2.09 bits per heavy atom. The number of hydrogen-bond donors (Lipinski definition) is 0. The number of unbranched alkanes of at least 4 members (excludes halogenated alkanes) is 3. The zero-order valence-corrected chi connectivity index (χ0v) is 7.56. The lowest BCUT2D eigenvalue weighted by molar-refractivity contribution is 0.664. The molecule has 0 radical (unpaired) electrons. The smallest absolute Gasteiger partial charge is 0.0911 e. The van der Waals surface area contributed by atoms with Crippen molar-refractivity contribution in [3.8, 4) is 6.07 Å². The highest BCUT2D eigenvalue weighted by molar-refractivity contribution is 5.10. The van der Waals surface area contributed by atoms with E-state index in [0.29, 0.717) is 0 Å². The summed E-state index contributed by atoms with van der Waals surface area (Å²) in [6.07, 6.45) is 7.87.